The minimum Gasteiger partial charge on any atom is -0.320 e. The van der Waals surface area contributed by atoms with Gasteiger partial charge in [-0.3, -0.25) is 0 Å². The molecule has 9 rings (SSSR count). The Hall–Kier alpha value is -6.88. The van der Waals surface area contributed by atoms with Crippen LogP contribution in [0.25, 0.3) is 86.9 Å². The van der Waals surface area contributed by atoms with E-state index in [1.807, 2.05) is 36.4 Å². The van der Waals surface area contributed by atoms with Crippen molar-refractivity contribution in [2.45, 2.75) is 0 Å². The summed E-state index contributed by atoms with van der Waals surface area (Å²) in [4.78, 5) is 7.83. The molecule has 48 heavy (non-hydrogen) atoms. The number of aromatic nitrogens is 2. The molecule has 0 aliphatic rings. The first kappa shape index (κ1) is 27.4. The zero-order valence-corrected chi connectivity index (χ0v) is 25.8. The van der Waals surface area contributed by atoms with Gasteiger partial charge in [0.25, 0.3) is 0 Å². The third-order valence-corrected chi connectivity index (χ3v) is 9.34. The summed E-state index contributed by atoms with van der Waals surface area (Å²) in [5.41, 5.74) is 11.4. The zero-order chi connectivity index (χ0) is 32.2. The van der Waals surface area contributed by atoms with Crippen LogP contribution in [-0.4, -0.2) is 9.13 Å². The molecular formula is C44H26N4. The molecule has 0 saturated carbocycles. The van der Waals surface area contributed by atoms with E-state index in [4.69, 9.17) is 13.1 Å². The summed E-state index contributed by atoms with van der Waals surface area (Å²) in [6.07, 6.45) is 0. The number of benzene rings is 7. The average molecular weight is 611 g/mol. The van der Waals surface area contributed by atoms with Gasteiger partial charge in [0.1, 0.15) is 0 Å². The Labute approximate surface area is 277 Å². The lowest BCUT2D eigenvalue weighted by Gasteiger charge is -2.18. The van der Waals surface area contributed by atoms with Gasteiger partial charge in [-0.2, -0.15) is 0 Å². The van der Waals surface area contributed by atoms with Crippen molar-refractivity contribution in [3.05, 3.63) is 181 Å². The minimum atomic E-state index is 0.541. The lowest BCUT2D eigenvalue weighted by atomic mass is 9.93. The van der Waals surface area contributed by atoms with Crippen LogP contribution in [0.1, 0.15) is 0 Å². The molecule has 0 aliphatic carbocycles. The van der Waals surface area contributed by atoms with E-state index in [1.54, 1.807) is 0 Å². The van der Waals surface area contributed by atoms with Crippen LogP contribution < -0.4 is 0 Å². The van der Waals surface area contributed by atoms with Crippen LogP contribution in [0.4, 0.5) is 11.4 Å². The van der Waals surface area contributed by atoms with Crippen molar-refractivity contribution in [2.75, 3.05) is 0 Å². The molecule has 0 radical (unpaired) electrons. The van der Waals surface area contributed by atoms with Crippen molar-refractivity contribution >= 4 is 55.0 Å². The number of nitrogens with zero attached hydrogens (tertiary/aromatic N) is 4. The fraction of sp³-hybridized carbons (Fsp3) is 0. The van der Waals surface area contributed by atoms with Crippen LogP contribution in [0.3, 0.4) is 0 Å². The van der Waals surface area contributed by atoms with Crippen LogP contribution in [0.2, 0.25) is 0 Å². The van der Waals surface area contributed by atoms with Crippen molar-refractivity contribution in [3.8, 4) is 33.6 Å². The molecule has 0 aliphatic heterocycles. The predicted molar refractivity (Wildman–Crippen MR) is 199 cm³/mol. The molecule has 2 aromatic heterocycles. The van der Waals surface area contributed by atoms with E-state index in [1.165, 1.54) is 10.8 Å². The molecule has 0 saturated heterocycles. The third-order valence-electron chi connectivity index (χ3n) is 9.34. The lowest BCUT2D eigenvalue weighted by Crippen LogP contribution is -1.98. The van der Waals surface area contributed by atoms with Gasteiger partial charge in [-0.1, -0.05) is 115 Å². The van der Waals surface area contributed by atoms with Crippen LogP contribution in [0.5, 0.6) is 0 Å². The summed E-state index contributed by atoms with van der Waals surface area (Å²) in [5.74, 6) is 0. The summed E-state index contributed by atoms with van der Waals surface area (Å²) < 4.78 is 4.51. The molecule has 0 atom stereocenters. The van der Waals surface area contributed by atoms with Crippen LogP contribution in [0.15, 0.2) is 158 Å². The average Bonchev–Trinajstić information content (AvgIpc) is 3.68. The molecule has 222 valence electrons. The number of hydrogen-bond donors (Lipinski definition) is 0. The van der Waals surface area contributed by atoms with E-state index in [9.17, 15) is 0 Å². The van der Waals surface area contributed by atoms with E-state index in [2.05, 4.69) is 140 Å². The predicted octanol–water partition coefficient (Wildman–Crippen LogP) is 12.3. The SMILES string of the molecule is [C-]#[N+]c1cc(-c2ccccc2-c2ccccc2-n2c3ccccc3c3ccccc32)cc(-n2c3ccccc3c3cccc([N+]#[C-])c32)c1. The van der Waals surface area contributed by atoms with Crippen molar-refractivity contribution in [2.24, 2.45) is 0 Å². The second-order valence-corrected chi connectivity index (χ2v) is 11.9. The molecule has 2 heterocycles. The van der Waals surface area contributed by atoms with Gasteiger partial charge >= 0.3 is 0 Å². The van der Waals surface area contributed by atoms with E-state index in [-0.39, 0.29) is 0 Å². The molecule has 7 aromatic carbocycles. The highest BCUT2D eigenvalue weighted by atomic mass is 15.0. The molecule has 4 nitrogen and oxygen atoms in total. The maximum absolute atomic E-state index is 8.09. The molecular weight excluding hydrogens is 585 g/mol. The summed E-state index contributed by atoms with van der Waals surface area (Å²) in [5, 5.41) is 4.54. The molecule has 0 fully saturated rings. The fourth-order valence-electron chi connectivity index (χ4n) is 7.35. The fourth-order valence-corrected chi connectivity index (χ4v) is 7.35. The van der Waals surface area contributed by atoms with Crippen molar-refractivity contribution < 1.29 is 0 Å². The molecule has 0 amide bonds. The normalized spacial score (nSPS) is 11.3. The van der Waals surface area contributed by atoms with Gasteiger partial charge in [0.05, 0.1) is 40.9 Å². The highest BCUT2D eigenvalue weighted by Gasteiger charge is 2.19. The first-order valence-electron chi connectivity index (χ1n) is 15.8. The molecule has 0 N–H and O–H groups in total. The van der Waals surface area contributed by atoms with Gasteiger partial charge in [0, 0.05) is 27.4 Å². The van der Waals surface area contributed by atoms with Crippen LogP contribution in [-0.2, 0) is 0 Å². The third kappa shape index (κ3) is 4.07. The van der Waals surface area contributed by atoms with E-state index < -0.39 is 0 Å². The van der Waals surface area contributed by atoms with Crippen LogP contribution in [0, 0.1) is 13.1 Å². The molecule has 0 unspecified atom stereocenters. The Bertz CT molecular complexity index is 2760. The van der Waals surface area contributed by atoms with Gasteiger partial charge in [-0.25, -0.2) is 9.69 Å². The van der Waals surface area contributed by atoms with E-state index in [0.717, 1.165) is 66.5 Å². The van der Waals surface area contributed by atoms with Crippen molar-refractivity contribution in [3.63, 3.8) is 0 Å². The Morgan fingerprint density at radius 2 is 0.958 bits per heavy atom. The summed E-state index contributed by atoms with van der Waals surface area (Å²) in [6.45, 7) is 16.1. The Balaban J connectivity index is 1.31. The Kier molecular flexibility index (Phi) is 6.22. The van der Waals surface area contributed by atoms with Gasteiger partial charge < -0.3 is 9.13 Å². The zero-order valence-electron chi connectivity index (χ0n) is 25.8. The first-order chi connectivity index (χ1) is 23.7. The van der Waals surface area contributed by atoms with Gasteiger partial charge in [-0.15, -0.1) is 0 Å². The second kappa shape index (κ2) is 10.9. The lowest BCUT2D eigenvalue weighted by molar-refractivity contribution is 1.18. The Morgan fingerprint density at radius 1 is 0.417 bits per heavy atom. The standard InChI is InChI=1S/C44H26N4/c1-45-30-26-29(27-31(28-30)47-40-22-9-8-19-37(40)38-20-13-21-39(46-2)44(38)47)32-14-3-4-15-33(32)34-16-5-10-23-41(34)48-42-24-11-6-17-35(42)36-18-7-12-25-43(36)48/h3-28H. The van der Waals surface area contributed by atoms with Crippen LogP contribution >= 0.6 is 0 Å². The van der Waals surface area contributed by atoms with Gasteiger partial charge in [0.2, 0.25) is 5.69 Å². The molecule has 0 spiro atoms. The number of hydrogen-bond acceptors (Lipinski definition) is 0. The molecule has 4 heteroatoms. The van der Waals surface area contributed by atoms with E-state index >= 15 is 0 Å². The Morgan fingerprint density at radius 3 is 1.62 bits per heavy atom. The van der Waals surface area contributed by atoms with Crippen molar-refractivity contribution in [1.29, 1.82) is 0 Å². The maximum Gasteiger partial charge on any atom is 0.211 e. The number of para-hydroxylation sites is 5. The smallest absolute Gasteiger partial charge is 0.211 e. The minimum absolute atomic E-state index is 0.541. The highest BCUT2D eigenvalue weighted by Crippen LogP contribution is 2.43. The monoisotopic (exact) mass is 610 g/mol. The molecule has 0 bridgehead atoms. The summed E-state index contributed by atoms with van der Waals surface area (Å²) in [6, 6.07) is 54.3. The number of fused-ring (bicyclic) bond motifs is 6. The largest absolute Gasteiger partial charge is 0.320 e. The highest BCUT2D eigenvalue weighted by molar-refractivity contribution is 6.13. The topological polar surface area (TPSA) is 18.6 Å². The quantitative estimate of drug-likeness (QED) is 0.177. The maximum atomic E-state index is 8.09. The first-order valence-corrected chi connectivity index (χ1v) is 15.8. The number of rotatable bonds is 4. The second-order valence-electron chi connectivity index (χ2n) is 11.9. The van der Waals surface area contributed by atoms with Gasteiger partial charge in [-0.05, 0) is 64.5 Å². The summed E-state index contributed by atoms with van der Waals surface area (Å²) in [7, 11) is 0. The molecule has 9 aromatic rings. The van der Waals surface area contributed by atoms with Crippen molar-refractivity contribution in [1.82, 2.24) is 9.13 Å². The summed E-state index contributed by atoms with van der Waals surface area (Å²) >= 11 is 0. The van der Waals surface area contributed by atoms with E-state index in [0.29, 0.717) is 11.4 Å². The van der Waals surface area contributed by atoms with Gasteiger partial charge in [0.15, 0.2) is 5.69 Å².